The van der Waals surface area contributed by atoms with E-state index in [-0.39, 0.29) is 11.5 Å². The lowest BCUT2D eigenvalue weighted by molar-refractivity contribution is 0.103. The Hall–Kier alpha value is -2.55. The second-order valence-corrected chi connectivity index (χ2v) is 4.89. The fraction of sp³-hybridized carbons (Fsp3) is 0.167. The number of ketones is 1. The van der Waals surface area contributed by atoms with Gasteiger partial charge in [0.2, 0.25) is 0 Å². The number of rotatable bonds is 6. The third kappa shape index (κ3) is 4.49. The van der Waals surface area contributed by atoms with Crippen LogP contribution in [0.5, 0.6) is 5.75 Å². The molecule has 0 amide bonds. The van der Waals surface area contributed by atoms with Gasteiger partial charge in [-0.25, -0.2) is 0 Å². The molecule has 21 heavy (non-hydrogen) atoms. The highest BCUT2D eigenvalue weighted by atomic mass is 16.3. The first-order chi connectivity index (χ1) is 10.2. The molecule has 2 aromatic carbocycles. The zero-order valence-corrected chi connectivity index (χ0v) is 12.0. The Morgan fingerprint density at radius 1 is 1.10 bits per heavy atom. The third-order valence-electron chi connectivity index (χ3n) is 3.21. The number of hydrogen-bond donors (Lipinski definition) is 2. The molecule has 2 aromatic rings. The summed E-state index contributed by atoms with van der Waals surface area (Å²) in [6.45, 7) is 2.55. The molecule has 2 N–H and O–H groups in total. The number of hydrogen-bond acceptors (Lipinski definition) is 3. The fourth-order valence-corrected chi connectivity index (χ4v) is 1.99. The van der Waals surface area contributed by atoms with Crippen LogP contribution in [0.25, 0.3) is 0 Å². The van der Waals surface area contributed by atoms with Crippen LogP contribution in [0.1, 0.15) is 22.8 Å². The smallest absolute Gasteiger partial charge is 0.190 e. The average Bonchev–Trinajstić information content (AvgIpc) is 2.53. The number of carbonyl (C=O) groups excluding carboxylic acids is 1. The van der Waals surface area contributed by atoms with Crippen LogP contribution in [0.3, 0.4) is 0 Å². The first-order valence-electron chi connectivity index (χ1n) is 6.94. The van der Waals surface area contributed by atoms with E-state index in [2.05, 4.69) is 5.32 Å². The summed E-state index contributed by atoms with van der Waals surface area (Å²) < 4.78 is 0. The molecule has 108 valence electrons. The highest BCUT2D eigenvalue weighted by Gasteiger charge is 2.06. The van der Waals surface area contributed by atoms with Crippen molar-refractivity contribution in [3.63, 3.8) is 0 Å². The SMILES string of the molecule is C/C(=C\NCCc1ccc(O)cc1)C(=O)c1ccccc1. The zero-order chi connectivity index (χ0) is 15.1. The van der Waals surface area contributed by atoms with Gasteiger partial charge in [0, 0.05) is 23.9 Å². The molecule has 0 radical (unpaired) electrons. The Labute approximate surface area is 124 Å². The minimum absolute atomic E-state index is 0.0349. The van der Waals surface area contributed by atoms with Crippen molar-refractivity contribution in [1.29, 1.82) is 0 Å². The molecule has 3 nitrogen and oxygen atoms in total. The van der Waals surface area contributed by atoms with Crippen LogP contribution in [0, 0.1) is 0 Å². The molecule has 2 rings (SSSR count). The minimum atomic E-state index is 0.0349. The van der Waals surface area contributed by atoms with Gasteiger partial charge in [-0.2, -0.15) is 0 Å². The summed E-state index contributed by atoms with van der Waals surface area (Å²) in [7, 11) is 0. The predicted molar refractivity (Wildman–Crippen MR) is 84.3 cm³/mol. The average molecular weight is 281 g/mol. The molecule has 0 fully saturated rings. The van der Waals surface area contributed by atoms with Crippen molar-refractivity contribution < 1.29 is 9.90 Å². The normalized spacial score (nSPS) is 11.2. The summed E-state index contributed by atoms with van der Waals surface area (Å²) in [5, 5.41) is 12.4. The van der Waals surface area contributed by atoms with E-state index in [1.165, 1.54) is 0 Å². The van der Waals surface area contributed by atoms with Crippen molar-refractivity contribution in [2.75, 3.05) is 6.54 Å². The van der Waals surface area contributed by atoms with Crippen LogP contribution in [-0.4, -0.2) is 17.4 Å². The number of nitrogens with one attached hydrogen (secondary N) is 1. The number of phenolic OH excluding ortho intramolecular Hbond substituents is 1. The zero-order valence-electron chi connectivity index (χ0n) is 12.0. The van der Waals surface area contributed by atoms with E-state index in [0.29, 0.717) is 11.1 Å². The molecule has 0 unspecified atom stereocenters. The Morgan fingerprint density at radius 3 is 2.43 bits per heavy atom. The highest BCUT2D eigenvalue weighted by Crippen LogP contribution is 2.10. The second-order valence-electron chi connectivity index (χ2n) is 4.89. The van der Waals surface area contributed by atoms with Crippen molar-refractivity contribution in [1.82, 2.24) is 5.32 Å². The maximum absolute atomic E-state index is 12.1. The van der Waals surface area contributed by atoms with Crippen LogP contribution in [-0.2, 0) is 6.42 Å². The molecule has 0 saturated heterocycles. The molecular formula is C18H19NO2. The largest absolute Gasteiger partial charge is 0.508 e. The van der Waals surface area contributed by atoms with E-state index >= 15 is 0 Å². The molecular weight excluding hydrogens is 262 g/mol. The van der Waals surface area contributed by atoms with Gasteiger partial charge in [-0.05, 0) is 31.0 Å². The lowest BCUT2D eigenvalue weighted by Gasteiger charge is -2.04. The Bertz CT molecular complexity index is 615. The van der Waals surface area contributed by atoms with E-state index in [0.717, 1.165) is 18.5 Å². The summed E-state index contributed by atoms with van der Waals surface area (Å²) in [5.74, 6) is 0.309. The first kappa shape index (κ1) is 14.9. The van der Waals surface area contributed by atoms with Gasteiger partial charge in [0.15, 0.2) is 5.78 Å². The predicted octanol–water partition coefficient (Wildman–Crippen LogP) is 3.31. The number of carbonyl (C=O) groups is 1. The van der Waals surface area contributed by atoms with Gasteiger partial charge in [0.05, 0.1) is 0 Å². The summed E-state index contributed by atoms with van der Waals surface area (Å²) in [4.78, 5) is 12.1. The van der Waals surface area contributed by atoms with E-state index in [9.17, 15) is 9.90 Å². The molecule has 0 aliphatic heterocycles. The topological polar surface area (TPSA) is 49.3 Å². The van der Waals surface area contributed by atoms with Crippen molar-refractivity contribution in [3.05, 3.63) is 77.5 Å². The van der Waals surface area contributed by atoms with Gasteiger partial charge in [-0.1, -0.05) is 42.5 Å². The van der Waals surface area contributed by atoms with Gasteiger partial charge >= 0.3 is 0 Å². The third-order valence-corrected chi connectivity index (χ3v) is 3.21. The number of phenols is 1. The highest BCUT2D eigenvalue weighted by molar-refractivity contribution is 6.08. The van der Waals surface area contributed by atoms with Crippen molar-refractivity contribution in [3.8, 4) is 5.75 Å². The molecule has 0 heterocycles. The van der Waals surface area contributed by atoms with Crippen LogP contribution < -0.4 is 5.32 Å². The maximum atomic E-state index is 12.1. The first-order valence-corrected chi connectivity index (χ1v) is 6.94. The monoisotopic (exact) mass is 281 g/mol. The van der Waals surface area contributed by atoms with Gasteiger partial charge in [0.25, 0.3) is 0 Å². The van der Waals surface area contributed by atoms with Crippen LogP contribution >= 0.6 is 0 Å². The molecule has 0 spiro atoms. The van der Waals surface area contributed by atoms with Crippen molar-refractivity contribution in [2.24, 2.45) is 0 Å². The molecule has 0 bridgehead atoms. The standard InChI is InChI=1S/C18H19NO2/c1-14(18(21)16-5-3-2-4-6-16)13-19-12-11-15-7-9-17(20)10-8-15/h2-10,13,19-20H,11-12H2,1H3/b14-13+. The Balaban J connectivity index is 1.83. The van der Waals surface area contributed by atoms with Crippen molar-refractivity contribution in [2.45, 2.75) is 13.3 Å². The molecule has 0 saturated carbocycles. The van der Waals surface area contributed by atoms with E-state index in [1.807, 2.05) is 49.4 Å². The lowest BCUT2D eigenvalue weighted by atomic mass is 10.1. The Kier molecular flexibility index (Phi) is 5.16. The van der Waals surface area contributed by atoms with Crippen LogP contribution in [0.4, 0.5) is 0 Å². The second kappa shape index (κ2) is 7.29. The Morgan fingerprint density at radius 2 is 1.76 bits per heavy atom. The summed E-state index contributed by atoms with van der Waals surface area (Å²) in [6, 6.07) is 16.4. The number of allylic oxidation sites excluding steroid dienone is 1. The number of benzene rings is 2. The molecule has 3 heteroatoms. The van der Waals surface area contributed by atoms with Crippen LogP contribution in [0.2, 0.25) is 0 Å². The molecule has 0 aliphatic carbocycles. The molecule has 0 atom stereocenters. The van der Waals surface area contributed by atoms with E-state index < -0.39 is 0 Å². The number of Topliss-reactive ketones (excluding diaryl/α,β-unsaturated/α-hetero) is 1. The van der Waals surface area contributed by atoms with E-state index in [1.54, 1.807) is 18.3 Å². The van der Waals surface area contributed by atoms with Gasteiger partial charge in [-0.15, -0.1) is 0 Å². The van der Waals surface area contributed by atoms with Crippen LogP contribution in [0.15, 0.2) is 66.4 Å². The summed E-state index contributed by atoms with van der Waals surface area (Å²) >= 11 is 0. The molecule has 0 aliphatic rings. The fourth-order valence-electron chi connectivity index (χ4n) is 1.99. The van der Waals surface area contributed by atoms with Gasteiger partial charge in [-0.3, -0.25) is 4.79 Å². The number of aromatic hydroxyl groups is 1. The lowest BCUT2D eigenvalue weighted by Crippen LogP contribution is -2.12. The van der Waals surface area contributed by atoms with Crippen molar-refractivity contribution >= 4 is 5.78 Å². The van der Waals surface area contributed by atoms with Gasteiger partial charge < -0.3 is 10.4 Å². The summed E-state index contributed by atoms with van der Waals surface area (Å²) in [6.07, 6.45) is 2.60. The maximum Gasteiger partial charge on any atom is 0.190 e. The van der Waals surface area contributed by atoms with E-state index in [4.69, 9.17) is 0 Å². The minimum Gasteiger partial charge on any atom is -0.508 e. The summed E-state index contributed by atoms with van der Waals surface area (Å²) in [5.41, 5.74) is 2.53. The molecule has 0 aromatic heterocycles. The van der Waals surface area contributed by atoms with Gasteiger partial charge in [0.1, 0.15) is 5.75 Å². The quantitative estimate of drug-likeness (QED) is 0.485.